The molecule has 1 amide bonds. The smallest absolute Gasteiger partial charge is 0.252 e. The van der Waals surface area contributed by atoms with Gasteiger partial charge in [0.05, 0.1) is 11.3 Å². The Bertz CT molecular complexity index is 690. The zero-order chi connectivity index (χ0) is 17.0. The van der Waals surface area contributed by atoms with Crippen molar-refractivity contribution in [3.05, 3.63) is 41.1 Å². The van der Waals surface area contributed by atoms with E-state index in [9.17, 15) is 4.79 Å². The highest BCUT2D eigenvalue weighted by Crippen LogP contribution is 2.24. The standard InChI is InChI=1S/C17H23N5O/c1-4-13(8-18)21-17-20-9-14(16(19)23)15(22-17)12-6-10(2)5-11(3)7-12/h5-7,9,13H,4,8,18H2,1-3H3,(H2,19,23)(H,20,21,22)/t13-/m1/s1. The van der Waals surface area contributed by atoms with E-state index in [0.717, 1.165) is 23.1 Å². The fraction of sp³-hybridized carbons (Fsp3) is 0.353. The molecular formula is C17H23N5O. The van der Waals surface area contributed by atoms with Crippen LogP contribution in [-0.4, -0.2) is 28.5 Å². The number of carbonyl (C=O) groups excluding carboxylic acids is 1. The van der Waals surface area contributed by atoms with Crippen molar-refractivity contribution in [3.8, 4) is 11.3 Å². The van der Waals surface area contributed by atoms with Crippen LogP contribution in [0, 0.1) is 13.8 Å². The van der Waals surface area contributed by atoms with E-state index >= 15 is 0 Å². The van der Waals surface area contributed by atoms with Crippen molar-refractivity contribution in [2.45, 2.75) is 33.2 Å². The van der Waals surface area contributed by atoms with Crippen molar-refractivity contribution in [1.82, 2.24) is 9.97 Å². The van der Waals surface area contributed by atoms with E-state index in [-0.39, 0.29) is 6.04 Å². The van der Waals surface area contributed by atoms with Crippen LogP contribution < -0.4 is 16.8 Å². The van der Waals surface area contributed by atoms with Gasteiger partial charge in [-0.05, 0) is 32.4 Å². The monoisotopic (exact) mass is 313 g/mol. The lowest BCUT2D eigenvalue weighted by atomic mass is 10.0. The molecule has 1 aromatic carbocycles. The molecule has 23 heavy (non-hydrogen) atoms. The van der Waals surface area contributed by atoms with Gasteiger partial charge in [0.25, 0.3) is 5.91 Å². The molecule has 0 spiro atoms. The Balaban J connectivity index is 2.51. The summed E-state index contributed by atoms with van der Waals surface area (Å²) in [4.78, 5) is 20.4. The highest BCUT2D eigenvalue weighted by atomic mass is 16.1. The van der Waals surface area contributed by atoms with E-state index in [1.54, 1.807) is 0 Å². The lowest BCUT2D eigenvalue weighted by Crippen LogP contribution is -2.29. The van der Waals surface area contributed by atoms with E-state index in [4.69, 9.17) is 11.5 Å². The SMILES string of the molecule is CC[C@H](CN)Nc1ncc(C(N)=O)c(-c2cc(C)cc(C)c2)n1. The summed E-state index contributed by atoms with van der Waals surface area (Å²) in [6, 6.07) is 6.11. The molecule has 0 aliphatic carbocycles. The molecule has 0 fully saturated rings. The first-order chi connectivity index (χ1) is 10.9. The Morgan fingerprint density at radius 2 is 1.91 bits per heavy atom. The van der Waals surface area contributed by atoms with Crippen molar-refractivity contribution in [2.75, 3.05) is 11.9 Å². The third-order valence-corrected chi connectivity index (χ3v) is 3.66. The Morgan fingerprint density at radius 1 is 1.26 bits per heavy atom. The number of hydrogen-bond acceptors (Lipinski definition) is 5. The van der Waals surface area contributed by atoms with Crippen molar-refractivity contribution in [1.29, 1.82) is 0 Å². The zero-order valence-electron chi connectivity index (χ0n) is 13.8. The van der Waals surface area contributed by atoms with Gasteiger partial charge in [0.1, 0.15) is 0 Å². The number of carbonyl (C=O) groups is 1. The molecular weight excluding hydrogens is 290 g/mol. The minimum atomic E-state index is -0.545. The second-order valence-corrected chi connectivity index (χ2v) is 5.68. The Morgan fingerprint density at radius 3 is 2.43 bits per heavy atom. The highest BCUT2D eigenvalue weighted by molar-refractivity contribution is 5.98. The highest BCUT2D eigenvalue weighted by Gasteiger charge is 2.15. The number of benzene rings is 1. The third-order valence-electron chi connectivity index (χ3n) is 3.66. The predicted octanol–water partition coefficient (Wildman–Crippen LogP) is 2.01. The molecule has 5 N–H and O–H groups in total. The molecule has 1 heterocycles. The summed E-state index contributed by atoms with van der Waals surface area (Å²) in [5.74, 6) is -0.0990. The summed E-state index contributed by atoms with van der Waals surface area (Å²) < 4.78 is 0. The number of aromatic nitrogens is 2. The molecule has 1 atom stereocenters. The molecule has 0 unspecified atom stereocenters. The van der Waals surface area contributed by atoms with Gasteiger partial charge in [-0.2, -0.15) is 0 Å². The number of amides is 1. The molecule has 6 heteroatoms. The molecule has 0 aliphatic rings. The number of rotatable bonds is 6. The molecule has 0 radical (unpaired) electrons. The number of nitrogens with one attached hydrogen (secondary N) is 1. The number of aryl methyl sites for hydroxylation is 2. The predicted molar refractivity (Wildman–Crippen MR) is 92.2 cm³/mol. The van der Waals surface area contributed by atoms with Crippen LogP contribution in [0.4, 0.5) is 5.95 Å². The first-order valence-electron chi connectivity index (χ1n) is 7.66. The van der Waals surface area contributed by atoms with Gasteiger partial charge in [-0.15, -0.1) is 0 Å². The molecule has 6 nitrogen and oxygen atoms in total. The van der Waals surface area contributed by atoms with Crippen LogP contribution in [0.5, 0.6) is 0 Å². The van der Waals surface area contributed by atoms with Crippen LogP contribution in [0.1, 0.15) is 34.8 Å². The van der Waals surface area contributed by atoms with Crippen molar-refractivity contribution in [3.63, 3.8) is 0 Å². The van der Waals surface area contributed by atoms with Gasteiger partial charge >= 0.3 is 0 Å². The van der Waals surface area contributed by atoms with E-state index in [2.05, 4.69) is 21.4 Å². The summed E-state index contributed by atoms with van der Waals surface area (Å²) in [7, 11) is 0. The van der Waals surface area contributed by atoms with Gasteiger partial charge in [0, 0.05) is 24.3 Å². The first kappa shape index (κ1) is 16.9. The molecule has 0 bridgehead atoms. The van der Waals surface area contributed by atoms with Gasteiger partial charge in [-0.25, -0.2) is 9.97 Å². The Kier molecular flexibility index (Phi) is 5.28. The van der Waals surface area contributed by atoms with Gasteiger partial charge in [0.15, 0.2) is 0 Å². The summed E-state index contributed by atoms with van der Waals surface area (Å²) in [6.07, 6.45) is 2.32. The molecule has 0 saturated heterocycles. The Hall–Kier alpha value is -2.47. The molecule has 122 valence electrons. The fourth-order valence-corrected chi connectivity index (χ4v) is 2.47. The topological polar surface area (TPSA) is 107 Å². The van der Waals surface area contributed by atoms with Crippen molar-refractivity contribution < 1.29 is 4.79 Å². The van der Waals surface area contributed by atoms with Gasteiger partial charge < -0.3 is 16.8 Å². The van der Waals surface area contributed by atoms with Gasteiger partial charge in [0.2, 0.25) is 5.95 Å². The van der Waals surface area contributed by atoms with Crippen LogP contribution in [0.2, 0.25) is 0 Å². The normalized spacial score (nSPS) is 12.0. The van der Waals surface area contributed by atoms with Crippen molar-refractivity contribution in [2.24, 2.45) is 11.5 Å². The molecule has 0 aliphatic heterocycles. The van der Waals surface area contributed by atoms with Crippen LogP contribution >= 0.6 is 0 Å². The molecule has 1 aromatic heterocycles. The fourth-order valence-electron chi connectivity index (χ4n) is 2.47. The van der Waals surface area contributed by atoms with E-state index < -0.39 is 5.91 Å². The maximum absolute atomic E-state index is 11.7. The van der Waals surface area contributed by atoms with Gasteiger partial charge in [-0.3, -0.25) is 4.79 Å². The molecule has 2 aromatic rings. The van der Waals surface area contributed by atoms with Gasteiger partial charge in [-0.1, -0.05) is 24.1 Å². The molecule has 2 rings (SSSR count). The van der Waals surface area contributed by atoms with Crippen LogP contribution in [0.3, 0.4) is 0 Å². The number of nitrogens with zero attached hydrogens (tertiary/aromatic N) is 2. The van der Waals surface area contributed by atoms with Crippen LogP contribution in [-0.2, 0) is 0 Å². The quantitative estimate of drug-likeness (QED) is 0.756. The average Bonchev–Trinajstić information content (AvgIpc) is 2.51. The minimum Gasteiger partial charge on any atom is -0.365 e. The Labute approximate surface area is 136 Å². The first-order valence-corrected chi connectivity index (χ1v) is 7.66. The summed E-state index contributed by atoms with van der Waals surface area (Å²) in [6.45, 7) is 6.52. The largest absolute Gasteiger partial charge is 0.365 e. The lowest BCUT2D eigenvalue weighted by Gasteiger charge is -2.16. The third kappa shape index (κ3) is 4.04. The minimum absolute atomic E-state index is 0.0847. The van der Waals surface area contributed by atoms with Crippen molar-refractivity contribution >= 4 is 11.9 Å². The number of nitrogens with two attached hydrogens (primary N) is 2. The second kappa shape index (κ2) is 7.19. The van der Waals surface area contributed by atoms with E-state index in [1.165, 1.54) is 6.20 Å². The summed E-state index contributed by atoms with van der Waals surface area (Å²) in [5.41, 5.74) is 15.1. The maximum atomic E-state index is 11.7. The molecule has 0 saturated carbocycles. The van der Waals surface area contributed by atoms with Crippen LogP contribution in [0.15, 0.2) is 24.4 Å². The maximum Gasteiger partial charge on any atom is 0.252 e. The summed E-state index contributed by atoms with van der Waals surface area (Å²) in [5, 5.41) is 3.18. The average molecular weight is 313 g/mol. The lowest BCUT2D eigenvalue weighted by molar-refractivity contribution is 0.100. The summed E-state index contributed by atoms with van der Waals surface area (Å²) >= 11 is 0. The van der Waals surface area contributed by atoms with E-state index in [0.29, 0.717) is 23.8 Å². The van der Waals surface area contributed by atoms with Crippen LogP contribution in [0.25, 0.3) is 11.3 Å². The second-order valence-electron chi connectivity index (χ2n) is 5.68. The number of anilines is 1. The number of primary amides is 1. The van der Waals surface area contributed by atoms with E-state index in [1.807, 2.05) is 32.9 Å². The zero-order valence-corrected chi connectivity index (χ0v) is 13.8. The number of hydrogen-bond donors (Lipinski definition) is 3.